The smallest absolute Gasteiger partial charge is 0.260 e. The van der Waals surface area contributed by atoms with Gasteiger partial charge >= 0.3 is 0 Å². The van der Waals surface area contributed by atoms with E-state index in [1.807, 2.05) is 6.92 Å². The van der Waals surface area contributed by atoms with Crippen LogP contribution in [0, 0.1) is 5.82 Å². The Hall–Kier alpha value is -3.92. The standard InChI is InChI=1S/C21H18FN7O2/c1-13(28-6-4-18-16(21(28)31)3-2-5-23-18)19-25-26-20-17(22)9-14(12-29(19)20)15-10-24-27(11-15)7-8-30/h2-6,9-13,30H,7-8H2,1H3/t13-/m1/s1. The minimum Gasteiger partial charge on any atom is -0.394 e. The van der Waals surface area contributed by atoms with Crippen molar-refractivity contribution in [2.75, 3.05) is 6.61 Å². The molecular weight excluding hydrogens is 401 g/mol. The molecule has 5 aromatic rings. The second kappa shape index (κ2) is 7.40. The highest BCUT2D eigenvalue weighted by Gasteiger charge is 2.20. The van der Waals surface area contributed by atoms with Crippen LogP contribution in [0.3, 0.4) is 0 Å². The van der Waals surface area contributed by atoms with Crippen LogP contribution in [0.25, 0.3) is 27.7 Å². The average molecular weight is 419 g/mol. The van der Waals surface area contributed by atoms with E-state index in [2.05, 4.69) is 20.3 Å². The molecule has 0 amide bonds. The van der Waals surface area contributed by atoms with Gasteiger partial charge in [-0.1, -0.05) is 0 Å². The topological polar surface area (TPSA) is 103 Å². The molecule has 9 nitrogen and oxygen atoms in total. The van der Waals surface area contributed by atoms with Gasteiger partial charge in [0.15, 0.2) is 17.3 Å². The summed E-state index contributed by atoms with van der Waals surface area (Å²) in [4.78, 5) is 17.2. The van der Waals surface area contributed by atoms with Crippen LogP contribution >= 0.6 is 0 Å². The highest BCUT2D eigenvalue weighted by Crippen LogP contribution is 2.24. The highest BCUT2D eigenvalue weighted by atomic mass is 19.1. The summed E-state index contributed by atoms with van der Waals surface area (Å²) < 4.78 is 19.5. The fraction of sp³-hybridized carbons (Fsp3) is 0.190. The first-order valence-electron chi connectivity index (χ1n) is 9.70. The zero-order chi connectivity index (χ0) is 21.5. The van der Waals surface area contributed by atoms with Crippen molar-refractivity contribution in [1.82, 2.24) is 33.9 Å². The van der Waals surface area contributed by atoms with Gasteiger partial charge < -0.3 is 9.67 Å². The number of aromatic nitrogens is 7. The Morgan fingerprint density at radius 2 is 2.06 bits per heavy atom. The summed E-state index contributed by atoms with van der Waals surface area (Å²) >= 11 is 0. The van der Waals surface area contributed by atoms with Gasteiger partial charge in [-0.05, 0) is 31.2 Å². The molecule has 0 saturated carbocycles. The molecule has 1 atom stereocenters. The zero-order valence-electron chi connectivity index (χ0n) is 16.6. The van der Waals surface area contributed by atoms with E-state index in [-0.39, 0.29) is 17.8 Å². The average Bonchev–Trinajstić information content (AvgIpc) is 3.41. The third kappa shape index (κ3) is 3.17. The summed E-state index contributed by atoms with van der Waals surface area (Å²) in [6.45, 7) is 2.11. The molecule has 5 rings (SSSR count). The summed E-state index contributed by atoms with van der Waals surface area (Å²) in [6, 6.07) is 6.06. The van der Waals surface area contributed by atoms with Gasteiger partial charge in [-0.25, -0.2) is 4.39 Å². The lowest BCUT2D eigenvalue weighted by Gasteiger charge is -2.14. The van der Waals surface area contributed by atoms with Crippen molar-refractivity contribution in [1.29, 1.82) is 0 Å². The zero-order valence-corrected chi connectivity index (χ0v) is 16.6. The van der Waals surface area contributed by atoms with E-state index in [0.29, 0.717) is 34.4 Å². The van der Waals surface area contributed by atoms with Crippen molar-refractivity contribution in [2.24, 2.45) is 0 Å². The fourth-order valence-electron chi connectivity index (χ4n) is 3.67. The number of pyridine rings is 3. The summed E-state index contributed by atoms with van der Waals surface area (Å²) in [5, 5.41) is 21.9. The quantitative estimate of drug-likeness (QED) is 0.468. The molecule has 0 aliphatic rings. The summed E-state index contributed by atoms with van der Waals surface area (Å²) in [6.07, 6.45) is 8.34. The number of fused-ring (bicyclic) bond motifs is 2. The van der Waals surface area contributed by atoms with E-state index in [1.165, 1.54) is 10.6 Å². The van der Waals surface area contributed by atoms with Crippen LogP contribution in [0.1, 0.15) is 18.8 Å². The molecule has 0 fully saturated rings. The maximum atomic E-state index is 14.8. The van der Waals surface area contributed by atoms with Crippen LogP contribution in [0.15, 0.2) is 60.0 Å². The Labute approximate surface area is 175 Å². The van der Waals surface area contributed by atoms with Gasteiger partial charge in [0.05, 0.1) is 36.3 Å². The highest BCUT2D eigenvalue weighted by molar-refractivity contribution is 5.76. The first-order chi connectivity index (χ1) is 15.1. The van der Waals surface area contributed by atoms with Gasteiger partial charge in [0.1, 0.15) is 0 Å². The lowest BCUT2D eigenvalue weighted by Crippen LogP contribution is -2.25. The molecule has 0 saturated heterocycles. The number of aliphatic hydroxyl groups excluding tert-OH is 1. The Morgan fingerprint density at radius 3 is 2.90 bits per heavy atom. The summed E-state index contributed by atoms with van der Waals surface area (Å²) in [5.74, 6) is -0.114. The minimum atomic E-state index is -0.534. The van der Waals surface area contributed by atoms with E-state index >= 15 is 0 Å². The molecule has 0 aliphatic heterocycles. The van der Waals surface area contributed by atoms with Crippen molar-refractivity contribution in [3.05, 3.63) is 77.2 Å². The van der Waals surface area contributed by atoms with E-state index in [0.717, 1.165) is 0 Å². The van der Waals surface area contributed by atoms with Gasteiger partial charge in [-0.15, -0.1) is 10.2 Å². The van der Waals surface area contributed by atoms with Crippen molar-refractivity contribution in [3.63, 3.8) is 0 Å². The largest absolute Gasteiger partial charge is 0.394 e. The number of nitrogens with zero attached hydrogens (tertiary/aromatic N) is 7. The van der Waals surface area contributed by atoms with Gasteiger partial charge in [-0.2, -0.15) is 5.10 Å². The van der Waals surface area contributed by atoms with Crippen molar-refractivity contribution < 1.29 is 9.50 Å². The van der Waals surface area contributed by atoms with Crippen LogP contribution < -0.4 is 5.56 Å². The third-order valence-corrected chi connectivity index (χ3v) is 5.27. The predicted octanol–water partition coefficient (Wildman–Crippen LogP) is 2.04. The maximum absolute atomic E-state index is 14.8. The Morgan fingerprint density at radius 1 is 1.19 bits per heavy atom. The number of aliphatic hydroxyl groups is 1. The first kappa shape index (κ1) is 19.1. The Bertz CT molecular complexity index is 1470. The molecule has 0 bridgehead atoms. The molecule has 10 heteroatoms. The molecule has 0 aromatic carbocycles. The van der Waals surface area contributed by atoms with Crippen LogP contribution in [0.4, 0.5) is 4.39 Å². The molecule has 5 heterocycles. The van der Waals surface area contributed by atoms with Gasteiger partial charge in [0, 0.05) is 35.9 Å². The predicted molar refractivity (Wildman–Crippen MR) is 111 cm³/mol. The van der Waals surface area contributed by atoms with Crippen molar-refractivity contribution in [2.45, 2.75) is 19.5 Å². The van der Waals surface area contributed by atoms with Gasteiger partial charge in [0.2, 0.25) is 0 Å². The third-order valence-electron chi connectivity index (χ3n) is 5.27. The summed E-state index contributed by atoms with van der Waals surface area (Å²) in [7, 11) is 0. The summed E-state index contributed by atoms with van der Waals surface area (Å²) in [5.41, 5.74) is 1.74. The maximum Gasteiger partial charge on any atom is 0.260 e. The van der Waals surface area contributed by atoms with Crippen LogP contribution in [-0.4, -0.2) is 45.6 Å². The van der Waals surface area contributed by atoms with Crippen LogP contribution in [0.2, 0.25) is 0 Å². The van der Waals surface area contributed by atoms with Crippen molar-refractivity contribution in [3.8, 4) is 11.1 Å². The van der Waals surface area contributed by atoms with Crippen molar-refractivity contribution >= 4 is 16.6 Å². The number of rotatable bonds is 5. The number of hydrogen-bond acceptors (Lipinski definition) is 6. The van der Waals surface area contributed by atoms with E-state index < -0.39 is 11.9 Å². The molecule has 0 radical (unpaired) electrons. The van der Waals surface area contributed by atoms with Crippen LogP contribution in [0.5, 0.6) is 0 Å². The molecule has 31 heavy (non-hydrogen) atoms. The van der Waals surface area contributed by atoms with E-state index in [1.54, 1.807) is 58.3 Å². The molecule has 0 aliphatic carbocycles. The van der Waals surface area contributed by atoms with Crippen LogP contribution in [-0.2, 0) is 6.54 Å². The number of halogens is 1. The Kier molecular flexibility index (Phi) is 4.55. The minimum absolute atomic E-state index is 0.0440. The molecular formula is C21H18FN7O2. The monoisotopic (exact) mass is 419 g/mol. The van der Waals surface area contributed by atoms with Gasteiger partial charge in [-0.3, -0.25) is 18.9 Å². The first-order valence-corrected chi connectivity index (χ1v) is 9.70. The van der Waals surface area contributed by atoms with E-state index in [9.17, 15) is 9.18 Å². The fourth-order valence-corrected chi connectivity index (χ4v) is 3.67. The SMILES string of the molecule is C[C@H](c1nnc2c(F)cc(-c3cnn(CCO)c3)cn12)n1ccc2ncccc2c1=O. The normalized spacial score (nSPS) is 12.6. The molecule has 0 spiro atoms. The molecule has 5 aromatic heterocycles. The molecule has 156 valence electrons. The Balaban J connectivity index is 1.62. The molecule has 0 unspecified atom stereocenters. The van der Waals surface area contributed by atoms with E-state index in [4.69, 9.17) is 5.11 Å². The lowest BCUT2D eigenvalue weighted by atomic mass is 10.1. The second-order valence-electron chi connectivity index (χ2n) is 7.18. The lowest BCUT2D eigenvalue weighted by molar-refractivity contribution is 0.269. The second-order valence-corrected chi connectivity index (χ2v) is 7.18. The molecule has 1 N–H and O–H groups in total. The number of hydrogen-bond donors (Lipinski definition) is 1. The van der Waals surface area contributed by atoms with Gasteiger partial charge in [0.25, 0.3) is 5.56 Å².